The van der Waals surface area contributed by atoms with Gasteiger partial charge in [0, 0.05) is 0 Å². The van der Waals surface area contributed by atoms with E-state index in [-0.39, 0.29) is 0 Å². The van der Waals surface area contributed by atoms with Gasteiger partial charge in [-0.05, 0) is 13.8 Å². The van der Waals surface area contributed by atoms with Crippen LogP contribution in [0.5, 0.6) is 0 Å². The lowest BCUT2D eigenvalue weighted by Crippen LogP contribution is -2.39. The molecule has 82 valence electrons. The van der Waals surface area contributed by atoms with E-state index in [0.29, 0.717) is 0 Å². The molecule has 0 heterocycles. The third-order valence-corrected chi connectivity index (χ3v) is 4.42. The molecule has 3 N–H and O–H groups in total. The highest BCUT2D eigenvalue weighted by atomic mass is 32.2. The molecule has 0 aliphatic heterocycles. The van der Waals surface area contributed by atoms with Crippen molar-refractivity contribution in [3.05, 3.63) is 0 Å². The summed E-state index contributed by atoms with van der Waals surface area (Å²) in [6.45, 7) is 2.39. The van der Waals surface area contributed by atoms with Crippen LogP contribution < -0.4 is 5.73 Å². The number of hydrogen-bond acceptors (Lipinski definition) is 4. The monoisotopic (exact) mass is 223 g/mol. The molecule has 0 radical (unpaired) electrons. The molecule has 6 nitrogen and oxygen atoms in total. The Morgan fingerprint density at radius 1 is 1.36 bits per heavy atom. The van der Waals surface area contributed by atoms with E-state index < -0.39 is 38.6 Å². The standard InChI is InChI=1S/C7H13NO5S/c1-4(3-6(9)10)14(12,13)5(2)7(8)11/h4-5H,3H2,1-2H3,(H2,8,11)(H,9,10). The second-order valence-corrected chi connectivity index (χ2v) is 5.73. The van der Waals surface area contributed by atoms with Crippen molar-refractivity contribution in [2.45, 2.75) is 30.8 Å². The van der Waals surface area contributed by atoms with Crippen molar-refractivity contribution >= 4 is 21.7 Å². The van der Waals surface area contributed by atoms with Gasteiger partial charge in [-0.1, -0.05) is 0 Å². The van der Waals surface area contributed by atoms with E-state index >= 15 is 0 Å². The van der Waals surface area contributed by atoms with E-state index in [0.717, 1.165) is 6.92 Å². The fraction of sp³-hybridized carbons (Fsp3) is 0.714. The Morgan fingerprint density at radius 3 is 2.07 bits per heavy atom. The van der Waals surface area contributed by atoms with Crippen LogP contribution in [0.25, 0.3) is 0 Å². The zero-order chi connectivity index (χ0) is 11.5. The maximum Gasteiger partial charge on any atom is 0.304 e. The molecule has 0 saturated carbocycles. The van der Waals surface area contributed by atoms with Crippen molar-refractivity contribution < 1.29 is 23.1 Å². The van der Waals surface area contributed by atoms with Crippen LogP contribution >= 0.6 is 0 Å². The highest BCUT2D eigenvalue weighted by Gasteiger charge is 2.32. The molecule has 0 aromatic heterocycles. The Labute approximate surface area is 82.0 Å². The first-order chi connectivity index (χ1) is 6.19. The Hall–Kier alpha value is -1.11. The van der Waals surface area contributed by atoms with Gasteiger partial charge in [-0.2, -0.15) is 0 Å². The smallest absolute Gasteiger partial charge is 0.304 e. The molecule has 2 unspecified atom stereocenters. The predicted octanol–water partition coefficient (Wildman–Crippen LogP) is -0.862. The first-order valence-electron chi connectivity index (χ1n) is 3.93. The van der Waals surface area contributed by atoms with Crippen LogP contribution in [-0.2, 0) is 19.4 Å². The minimum absolute atomic E-state index is 0.528. The fourth-order valence-corrected chi connectivity index (χ4v) is 2.27. The molecule has 0 aliphatic rings. The number of carboxylic acids is 1. The number of amides is 1. The van der Waals surface area contributed by atoms with Crippen molar-refractivity contribution in [1.82, 2.24) is 0 Å². The van der Waals surface area contributed by atoms with Gasteiger partial charge in [0.1, 0.15) is 5.25 Å². The Bertz CT molecular complexity index is 334. The first kappa shape index (κ1) is 12.9. The largest absolute Gasteiger partial charge is 0.481 e. The highest BCUT2D eigenvalue weighted by molar-refractivity contribution is 7.93. The average molecular weight is 223 g/mol. The highest BCUT2D eigenvalue weighted by Crippen LogP contribution is 2.12. The SMILES string of the molecule is CC(CC(=O)O)S(=O)(=O)C(C)C(N)=O. The van der Waals surface area contributed by atoms with Crippen LogP contribution in [0.4, 0.5) is 0 Å². The lowest BCUT2D eigenvalue weighted by Gasteiger charge is -2.14. The van der Waals surface area contributed by atoms with Crippen molar-refractivity contribution in [3.8, 4) is 0 Å². The minimum atomic E-state index is -3.79. The number of carboxylic acid groups (broad SMARTS) is 1. The van der Waals surface area contributed by atoms with Gasteiger partial charge in [0.25, 0.3) is 0 Å². The average Bonchev–Trinajstić information content (AvgIpc) is 2.01. The van der Waals surface area contributed by atoms with Gasteiger partial charge < -0.3 is 10.8 Å². The third kappa shape index (κ3) is 2.99. The van der Waals surface area contributed by atoms with Crippen molar-refractivity contribution in [2.75, 3.05) is 0 Å². The second-order valence-electron chi connectivity index (χ2n) is 3.04. The van der Waals surface area contributed by atoms with Gasteiger partial charge >= 0.3 is 5.97 Å². The molecule has 0 spiro atoms. The fourth-order valence-electron chi connectivity index (χ4n) is 0.872. The molecule has 2 atom stereocenters. The van der Waals surface area contributed by atoms with Gasteiger partial charge in [-0.15, -0.1) is 0 Å². The number of primary amides is 1. The van der Waals surface area contributed by atoms with Crippen LogP contribution in [0.3, 0.4) is 0 Å². The number of hydrogen-bond donors (Lipinski definition) is 2. The molecule has 0 saturated heterocycles. The number of aliphatic carboxylic acids is 1. The van der Waals surface area contributed by atoms with E-state index in [1.54, 1.807) is 0 Å². The summed E-state index contributed by atoms with van der Waals surface area (Å²) >= 11 is 0. The van der Waals surface area contributed by atoms with Crippen LogP contribution in [-0.4, -0.2) is 35.9 Å². The molecule has 7 heteroatoms. The molecule has 14 heavy (non-hydrogen) atoms. The topological polar surface area (TPSA) is 115 Å². The van der Waals surface area contributed by atoms with Crippen molar-refractivity contribution in [3.63, 3.8) is 0 Å². The number of sulfone groups is 1. The van der Waals surface area contributed by atoms with E-state index in [4.69, 9.17) is 10.8 Å². The van der Waals surface area contributed by atoms with E-state index in [1.807, 2.05) is 0 Å². The van der Waals surface area contributed by atoms with Gasteiger partial charge in [0.2, 0.25) is 5.91 Å². The number of nitrogens with two attached hydrogens (primary N) is 1. The van der Waals surface area contributed by atoms with E-state index in [2.05, 4.69) is 0 Å². The van der Waals surface area contributed by atoms with Crippen LogP contribution in [0.1, 0.15) is 20.3 Å². The third-order valence-electron chi connectivity index (χ3n) is 1.92. The zero-order valence-electron chi connectivity index (χ0n) is 7.93. The number of carbonyl (C=O) groups excluding carboxylic acids is 1. The van der Waals surface area contributed by atoms with E-state index in [9.17, 15) is 18.0 Å². The Morgan fingerprint density at radius 2 is 1.79 bits per heavy atom. The molecule has 0 rings (SSSR count). The van der Waals surface area contributed by atoms with Gasteiger partial charge in [0.15, 0.2) is 9.84 Å². The Kier molecular flexibility index (Phi) is 4.06. The number of rotatable bonds is 5. The summed E-state index contributed by atoms with van der Waals surface area (Å²) in [6.07, 6.45) is -0.528. The predicted molar refractivity (Wildman–Crippen MR) is 49.3 cm³/mol. The molecular weight excluding hydrogens is 210 g/mol. The Balaban J connectivity index is 4.79. The maximum atomic E-state index is 11.4. The molecule has 1 amide bonds. The van der Waals surface area contributed by atoms with Gasteiger partial charge in [0.05, 0.1) is 11.7 Å². The van der Waals surface area contributed by atoms with Crippen LogP contribution in [0.15, 0.2) is 0 Å². The molecule has 0 aliphatic carbocycles. The van der Waals surface area contributed by atoms with Gasteiger partial charge in [-0.25, -0.2) is 8.42 Å². The second kappa shape index (κ2) is 4.41. The first-order valence-corrected chi connectivity index (χ1v) is 5.54. The van der Waals surface area contributed by atoms with Crippen molar-refractivity contribution in [2.24, 2.45) is 5.73 Å². The molecule has 0 aromatic rings. The quantitative estimate of drug-likeness (QED) is 0.629. The van der Waals surface area contributed by atoms with Gasteiger partial charge in [-0.3, -0.25) is 9.59 Å². The summed E-state index contributed by atoms with van der Waals surface area (Å²) in [5, 5.41) is 5.93. The molecule has 0 aromatic carbocycles. The molecule has 0 fully saturated rings. The maximum absolute atomic E-state index is 11.4. The summed E-state index contributed by atoms with van der Waals surface area (Å²) in [5.41, 5.74) is 4.83. The summed E-state index contributed by atoms with van der Waals surface area (Å²) in [5.74, 6) is -2.19. The summed E-state index contributed by atoms with van der Waals surface area (Å²) < 4.78 is 22.9. The van der Waals surface area contributed by atoms with E-state index in [1.165, 1.54) is 6.92 Å². The molecule has 0 bridgehead atoms. The summed E-state index contributed by atoms with van der Waals surface area (Å²) in [7, 11) is -3.79. The minimum Gasteiger partial charge on any atom is -0.481 e. The summed E-state index contributed by atoms with van der Waals surface area (Å²) in [6, 6.07) is 0. The summed E-state index contributed by atoms with van der Waals surface area (Å²) in [4.78, 5) is 20.9. The zero-order valence-corrected chi connectivity index (χ0v) is 8.74. The van der Waals surface area contributed by atoms with Crippen molar-refractivity contribution in [1.29, 1.82) is 0 Å². The van der Waals surface area contributed by atoms with Crippen LogP contribution in [0.2, 0.25) is 0 Å². The lowest BCUT2D eigenvalue weighted by molar-refractivity contribution is -0.137. The normalized spacial score (nSPS) is 15.9. The number of carbonyl (C=O) groups is 2. The molecular formula is C7H13NO5S. The van der Waals surface area contributed by atoms with Crippen LogP contribution in [0, 0.1) is 0 Å². The lowest BCUT2D eigenvalue weighted by atomic mass is 10.3.